The number of carbonyl (C=O) groups is 2. The van der Waals surface area contributed by atoms with E-state index in [4.69, 9.17) is 0 Å². The number of anilines is 1. The number of nitrogens with one attached hydrogen (secondary N) is 1. The van der Waals surface area contributed by atoms with Crippen molar-refractivity contribution < 1.29 is 31.2 Å². The fourth-order valence-electron chi connectivity index (χ4n) is 4.13. The van der Waals surface area contributed by atoms with Crippen molar-refractivity contribution >= 4 is 27.5 Å². The van der Waals surface area contributed by atoms with E-state index in [0.717, 1.165) is 17.7 Å². The fourth-order valence-corrected chi connectivity index (χ4v) is 5.56. The zero-order valence-electron chi connectivity index (χ0n) is 23.4. The van der Waals surface area contributed by atoms with Gasteiger partial charge in [0.15, 0.2) is 0 Å². The predicted octanol–water partition coefficient (Wildman–Crippen LogP) is 5.28. The van der Waals surface area contributed by atoms with E-state index in [2.05, 4.69) is 5.32 Å². The third-order valence-electron chi connectivity index (χ3n) is 6.22. The molecule has 3 aromatic carbocycles. The first kappa shape index (κ1) is 31.7. The van der Waals surface area contributed by atoms with Crippen molar-refractivity contribution in [3.63, 3.8) is 0 Å². The van der Waals surface area contributed by atoms with Crippen molar-refractivity contribution in [2.75, 3.05) is 17.4 Å². The number of halogens is 3. The normalized spacial score (nSPS) is 12.9. The average Bonchev–Trinajstić information content (AvgIpc) is 2.91. The van der Waals surface area contributed by atoms with E-state index in [1.54, 1.807) is 26.8 Å². The minimum absolute atomic E-state index is 0.0728. The molecule has 2 amide bonds. The van der Waals surface area contributed by atoms with Gasteiger partial charge in [-0.25, -0.2) is 8.42 Å². The van der Waals surface area contributed by atoms with Gasteiger partial charge >= 0.3 is 6.18 Å². The maximum Gasteiger partial charge on any atom is 0.416 e. The molecule has 0 aromatic heterocycles. The van der Waals surface area contributed by atoms with Gasteiger partial charge < -0.3 is 10.2 Å². The Morgan fingerprint density at radius 3 is 2.02 bits per heavy atom. The maximum absolute atomic E-state index is 13.8. The van der Waals surface area contributed by atoms with Crippen LogP contribution in [-0.4, -0.2) is 49.8 Å². The number of alkyl halides is 3. The molecule has 1 atom stereocenters. The summed E-state index contributed by atoms with van der Waals surface area (Å²) in [6.07, 6.45) is -4.36. The van der Waals surface area contributed by atoms with Crippen molar-refractivity contribution in [3.8, 4) is 0 Å². The summed E-state index contributed by atoms with van der Waals surface area (Å²) in [4.78, 5) is 28.0. The van der Waals surface area contributed by atoms with E-state index >= 15 is 0 Å². The number of hydrogen-bond donors (Lipinski definition) is 1. The fraction of sp³-hybridized carbons (Fsp3) is 0.333. The summed E-state index contributed by atoms with van der Waals surface area (Å²) in [6.45, 7) is 6.15. The second kappa shape index (κ2) is 12.8. The smallest absolute Gasteiger partial charge is 0.350 e. The summed E-state index contributed by atoms with van der Waals surface area (Å²) in [5, 5.41) is 2.83. The molecule has 0 heterocycles. The van der Waals surface area contributed by atoms with Crippen molar-refractivity contribution in [1.29, 1.82) is 0 Å². The molecule has 220 valence electrons. The van der Waals surface area contributed by atoms with Gasteiger partial charge in [-0.2, -0.15) is 13.2 Å². The highest BCUT2D eigenvalue weighted by Crippen LogP contribution is 2.33. The second-order valence-corrected chi connectivity index (χ2v) is 12.5. The number of hydrogen-bond acceptors (Lipinski definition) is 4. The number of benzene rings is 3. The molecule has 41 heavy (non-hydrogen) atoms. The Hall–Kier alpha value is -3.86. The molecule has 0 spiro atoms. The van der Waals surface area contributed by atoms with E-state index in [1.165, 1.54) is 42.2 Å². The second-order valence-electron chi connectivity index (χ2n) is 10.6. The molecule has 11 heteroatoms. The zero-order chi connectivity index (χ0) is 30.4. The molecule has 0 bridgehead atoms. The molecule has 0 saturated heterocycles. The van der Waals surface area contributed by atoms with Gasteiger partial charge in [0.05, 0.1) is 16.1 Å². The predicted molar refractivity (Wildman–Crippen MR) is 152 cm³/mol. The highest BCUT2D eigenvalue weighted by molar-refractivity contribution is 7.92. The van der Waals surface area contributed by atoms with Gasteiger partial charge in [0.1, 0.15) is 12.6 Å². The van der Waals surface area contributed by atoms with E-state index < -0.39 is 51.7 Å². The van der Waals surface area contributed by atoms with Gasteiger partial charge in [-0.15, -0.1) is 0 Å². The maximum atomic E-state index is 13.8. The van der Waals surface area contributed by atoms with Gasteiger partial charge in [-0.1, -0.05) is 54.6 Å². The van der Waals surface area contributed by atoms with Crippen molar-refractivity contribution in [2.45, 2.75) is 56.8 Å². The lowest BCUT2D eigenvalue weighted by molar-refractivity contribution is -0.139. The lowest BCUT2D eigenvalue weighted by Gasteiger charge is -2.33. The first-order valence-corrected chi connectivity index (χ1v) is 14.4. The van der Waals surface area contributed by atoms with Crippen LogP contribution in [0.2, 0.25) is 0 Å². The molecule has 3 aromatic rings. The molecule has 0 unspecified atom stereocenters. The number of carbonyl (C=O) groups excluding carboxylic acids is 2. The van der Waals surface area contributed by atoms with Crippen LogP contribution in [0.15, 0.2) is 89.8 Å². The largest absolute Gasteiger partial charge is 0.416 e. The van der Waals surface area contributed by atoms with Gasteiger partial charge in [0, 0.05) is 12.1 Å². The molecule has 0 saturated carbocycles. The third kappa shape index (κ3) is 8.56. The highest BCUT2D eigenvalue weighted by atomic mass is 32.2. The minimum Gasteiger partial charge on any atom is -0.350 e. The molecule has 3 rings (SSSR count). The molecule has 1 N–H and O–H groups in total. The molecule has 0 aliphatic heterocycles. The monoisotopic (exact) mass is 589 g/mol. The van der Waals surface area contributed by atoms with Gasteiger partial charge in [-0.3, -0.25) is 13.9 Å². The lowest BCUT2D eigenvalue weighted by atomic mass is 10.1. The molecular weight excluding hydrogens is 555 g/mol. The van der Waals surface area contributed by atoms with Crippen LogP contribution in [0.1, 0.15) is 38.8 Å². The molecule has 0 fully saturated rings. The Kier molecular flexibility index (Phi) is 9.85. The van der Waals surface area contributed by atoms with Crippen LogP contribution >= 0.6 is 0 Å². The number of sulfonamides is 1. The van der Waals surface area contributed by atoms with Crippen molar-refractivity contribution in [1.82, 2.24) is 10.2 Å². The number of nitrogens with zero attached hydrogens (tertiary/aromatic N) is 2. The van der Waals surface area contributed by atoms with Crippen LogP contribution in [0.25, 0.3) is 0 Å². The first-order valence-electron chi connectivity index (χ1n) is 13.0. The van der Waals surface area contributed by atoms with Crippen molar-refractivity contribution in [3.05, 3.63) is 96.1 Å². The molecular formula is C30H34F3N3O4S. The van der Waals surface area contributed by atoms with Gasteiger partial charge in [0.2, 0.25) is 11.8 Å². The van der Waals surface area contributed by atoms with Crippen LogP contribution in [-0.2, 0) is 32.2 Å². The van der Waals surface area contributed by atoms with Crippen LogP contribution in [0.5, 0.6) is 0 Å². The highest BCUT2D eigenvalue weighted by Gasteiger charge is 2.35. The summed E-state index contributed by atoms with van der Waals surface area (Å²) < 4.78 is 68.7. The third-order valence-corrected chi connectivity index (χ3v) is 8.01. The van der Waals surface area contributed by atoms with E-state index in [-0.39, 0.29) is 17.1 Å². The quantitative estimate of drug-likeness (QED) is 0.349. The van der Waals surface area contributed by atoms with Gasteiger partial charge in [0.25, 0.3) is 10.0 Å². The van der Waals surface area contributed by atoms with Crippen LogP contribution in [0.4, 0.5) is 18.9 Å². The zero-order valence-corrected chi connectivity index (χ0v) is 24.2. The molecule has 7 nitrogen and oxygen atoms in total. The number of amides is 2. The van der Waals surface area contributed by atoms with E-state index in [9.17, 15) is 31.2 Å². The molecule has 0 radical (unpaired) electrons. The SMILES string of the molecule is C[C@H](C(=O)NC(C)(C)C)N(CCc1ccccc1)C(=O)CN(c1cccc(C(F)(F)F)c1)S(=O)(=O)c1ccccc1. The minimum atomic E-state index is -4.73. The Morgan fingerprint density at radius 1 is 0.878 bits per heavy atom. The summed E-state index contributed by atoms with van der Waals surface area (Å²) in [5.74, 6) is -1.19. The van der Waals surface area contributed by atoms with Crippen LogP contribution in [0.3, 0.4) is 0 Å². The molecule has 0 aliphatic carbocycles. The standard InChI is InChI=1S/C30H34F3N3O4S/c1-22(28(38)34-29(2,3)4)35(19-18-23-12-7-5-8-13-23)27(37)21-36(41(39,40)26-16-9-6-10-17-26)25-15-11-14-24(20-25)30(31,32)33/h5-17,20,22H,18-19,21H2,1-4H3,(H,34,38)/t22-/m1/s1. The average molecular weight is 590 g/mol. The van der Waals surface area contributed by atoms with E-state index in [1.807, 2.05) is 30.3 Å². The van der Waals surface area contributed by atoms with E-state index in [0.29, 0.717) is 16.8 Å². The summed E-state index contributed by atoms with van der Waals surface area (Å²) >= 11 is 0. The first-order chi connectivity index (χ1) is 19.1. The van der Waals surface area contributed by atoms with Crippen molar-refractivity contribution in [2.24, 2.45) is 0 Å². The van der Waals surface area contributed by atoms with Crippen LogP contribution < -0.4 is 9.62 Å². The van der Waals surface area contributed by atoms with Crippen LogP contribution in [0, 0.1) is 0 Å². The Morgan fingerprint density at radius 2 is 1.46 bits per heavy atom. The molecule has 0 aliphatic rings. The summed E-state index contributed by atoms with van der Waals surface area (Å²) in [6, 6.07) is 19.2. The summed E-state index contributed by atoms with van der Waals surface area (Å²) in [5.41, 5.74) is -1.10. The lowest BCUT2D eigenvalue weighted by Crippen LogP contribution is -2.55. The number of rotatable bonds is 10. The Balaban J connectivity index is 2.03. The topological polar surface area (TPSA) is 86.8 Å². The van der Waals surface area contributed by atoms with Gasteiger partial charge in [-0.05, 0) is 70.0 Å². The summed E-state index contributed by atoms with van der Waals surface area (Å²) in [7, 11) is -4.47. The Labute approximate surface area is 239 Å². The Bertz CT molecular complexity index is 1440.